The van der Waals surface area contributed by atoms with Gasteiger partial charge in [-0.1, -0.05) is 6.07 Å². The van der Waals surface area contributed by atoms with Crippen LogP contribution < -0.4 is 5.32 Å². The van der Waals surface area contributed by atoms with Gasteiger partial charge in [0.25, 0.3) is 5.91 Å². The molecule has 0 aliphatic carbocycles. The van der Waals surface area contributed by atoms with Gasteiger partial charge in [-0.15, -0.1) is 0 Å². The molecule has 1 saturated heterocycles. The van der Waals surface area contributed by atoms with E-state index in [-0.39, 0.29) is 23.7 Å². The largest absolute Gasteiger partial charge is 0.416 e. The SMILES string of the molecule is CC(C)NC(=O)c1ccc(CN2CCN(C)[C@@H](C)C2)c(C(F)(F)F)c1. The number of rotatable bonds is 4. The van der Waals surface area contributed by atoms with Crippen LogP contribution in [0.25, 0.3) is 0 Å². The van der Waals surface area contributed by atoms with Gasteiger partial charge in [-0.25, -0.2) is 0 Å². The summed E-state index contributed by atoms with van der Waals surface area (Å²) in [6.07, 6.45) is -4.48. The molecule has 1 aliphatic rings. The van der Waals surface area contributed by atoms with Crippen molar-refractivity contribution in [2.24, 2.45) is 0 Å². The maximum Gasteiger partial charge on any atom is 0.416 e. The Hall–Kier alpha value is -1.60. The number of hydrogen-bond acceptors (Lipinski definition) is 3. The minimum atomic E-state index is -4.48. The van der Waals surface area contributed by atoms with Crippen molar-refractivity contribution in [2.45, 2.75) is 45.6 Å². The lowest BCUT2D eigenvalue weighted by molar-refractivity contribution is -0.138. The van der Waals surface area contributed by atoms with Gasteiger partial charge < -0.3 is 10.2 Å². The molecule has 0 aromatic heterocycles. The van der Waals surface area contributed by atoms with Crippen molar-refractivity contribution < 1.29 is 18.0 Å². The number of likely N-dealkylation sites (N-methyl/N-ethyl adjacent to an activating group) is 1. The molecule has 0 radical (unpaired) electrons. The van der Waals surface area contributed by atoms with Gasteiger partial charge in [0.1, 0.15) is 0 Å². The number of carbonyl (C=O) groups excluding carboxylic acids is 1. The van der Waals surface area contributed by atoms with Gasteiger partial charge in [0.05, 0.1) is 5.56 Å². The zero-order chi connectivity index (χ0) is 18.8. The fourth-order valence-electron chi connectivity index (χ4n) is 2.97. The summed E-state index contributed by atoms with van der Waals surface area (Å²) >= 11 is 0. The van der Waals surface area contributed by atoms with Gasteiger partial charge in [0.2, 0.25) is 0 Å². The molecule has 25 heavy (non-hydrogen) atoms. The van der Waals surface area contributed by atoms with Gasteiger partial charge in [-0.3, -0.25) is 9.69 Å². The smallest absolute Gasteiger partial charge is 0.350 e. The number of piperazine rings is 1. The Labute approximate surface area is 147 Å². The second-order valence-electron chi connectivity index (χ2n) is 7.06. The van der Waals surface area contributed by atoms with Crippen molar-refractivity contribution in [3.05, 3.63) is 34.9 Å². The minimum Gasteiger partial charge on any atom is -0.350 e. The van der Waals surface area contributed by atoms with Gasteiger partial charge in [0.15, 0.2) is 0 Å². The van der Waals surface area contributed by atoms with E-state index in [1.165, 1.54) is 12.1 Å². The zero-order valence-corrected chi connectivity index (χ0v) is 15.2. The van der Waals surface area contributed by atoms with Gasteiger partial charge in [0, 0.05) is 43.8 Å². The van der Waals surface area contributed by atoms with Crippen LogP contribution in [0.4, 0.5) is 13.2 Å². The second-order valence-corrected chi connectivity index (χ2v) is 7.06. The van der Waals surface area contributed by atoms with E-state index >= 15 is 0 Å². The van der Waals surface area contributed by atoms with Gasteiger partial charge in [-0.2, -0.15) is 13.2 Å². The number of amides is 1. The summed E-state index contributed by atoms with van der Waals surface area (Å²) in [4.78, 5) is 16.2. The lowest BCUT2D eigenvalue weighted by Crippen LogP contribution is -2.49. The number of benzene rings is 1. The topological polar surface area (TPSA) is 35.6 Å². The monoisotopic (exact) mass is 357 g/mol. The molecular formula is C18H26F3N3O. The summed E-state index contributed by atoms with van der Waals surface area (Å²) in [5.74, 6) is -0.486. The Kier molecular flexibility index (Phi) is 6.11. The molecule has 1 aromatic carbocycles. The Bertz CT molecular complexity index is 616. The third kappa shape index (κ3) is 5.19. The maximum atomic E-state index is 13.5. The van der Waals surface area contributed by atoms with Crippen molar-refractivity contribution in [3.63, 3.8) is 0 Å². The van der Waals surface area contributed by atoms with Gasteiger partial charge in [-0.05, 0) is 45.5 Å². The van der Waals surface area contributed by atoms with E-state index in [0.717, 1.165) is 25.7 Å². The summed E-state index contributed by atoms with van der Waals surface area (Å²) in [5, 5.41) is 2.63. The number of nitrogens with zero attached hydrogens (tertiary/aromatic N) is 2. The third-order valence-corrected chi connectivity index (χ3v) is 4.53. The van der Waals surface area contributed by atoms with Crippen molar-refractivity contribution in [1.82, 2.24) is 15.1 Å². The summed E-state index contributed by atoms with van der Waals surface area (Å²) < 4.78 is 40.5. The van der Waals surface area contributed by atoms with Crippen molar-refractivity contribution in [2.75, 3.05) is 26.7 Å². The molecule has 1 fully saturated rings. The highest BCUT2D eigenvalue weighted by atomic mass is 19.4. The lowest BCUT2D eigenvalue weighted by atomic mass is 10.0. The fourth-order valence-corrected chi connectivity index (χ4v) is 2.97. The highest BCUT2D eigenvalue weighted by Crippen LogP contribution is 2.33. The van der Waals surface area contributed by atoms with E-state index < -0.39 is 17.6 Å². The number of halogens is 3. The molecule has 0 spiro atoms. The Balaban J connectivity index is 2.24. The summed E-state index contributed by atoms with van der Waals surface area (Å²) in [7, 11) is 2.02. The van der Waals surface area contributed by atoms with Crippen LogP contribution in [0.5, 0.6) is 0 Å². The lowest BCUT2D eigenvalue weighted by Gasteiger charge is -2.38. The van der Waals surface area contributed by atoms with Crippen LogP contribution >= 0.6 is 0 Å². The van der Waals surface area contributed by atoms with Crippen LogP contribution in [0.15, 0.2) is 18.2 Å². The van der Waals surface area contributed by atoms with E-state index in [1.54, 1.807) is 13.8 Å². The molecule has 4 nitrogen and oxygen atoms in total. The average Bonchev–Trinajstić information content (AvgIpc) is 2.49. The van der Waals surface area contributed by atoms with E-state index in [0.29, 0.717) is 6.04 Å². The Morgan fingerprint density at radius 3 is 2.56 bits per heavy atom. The molecule has 7 heteroatoms. The molecule has 1 N–H and O–H groups in total. The molecule has 0 saturated carbocycles. The average molecular weight is 357 g/mol. The van der Waals surface area contributed by atoms with Crippen LogP contribution in [0.3, 0.4) is 0 Å². The normalized spacial score (nSPS) is 20.1. The third-order valence-electron chi connectivity index (χ3n) is 4.53. The zero-order valence-electron chi connectivity index (χ0n) is 15.2. The molecule has 1 aromatic rings. The van der Waals surface area contributed by atoms with Crippen molar-refractivity contribution in [1.29, 1.82) is 0 Å². The number of hydrogen-bond donors (Lipinski definition) is 1. The maximum absolute atomic E-state index is 13.5. The van der Waals surface area contributed by atoms with Crippen LogP contribution in [-0.2, 0) is 12.7 Å². The predicted octanol–water partition coefficient (Wildman–Crippen LogP) is 2.98. The number of alkyl halides is 3. The van der Waals surface area contributed by atoms with Crippen molar-refractivity contribution >= 4 is 5.91 Å². The van der Waals surface area contributed by atoms with E-state index in [4.69, 9.17) is 0 Å². The first-order chi connectivity index (χ1) is 11.6. The minimum absolute atomic E-state index is 0.0384. The van der Waals surface area contributed by atoms with E-state index in [9.17, 15) is 18.0 Å². The Morgan fingerprint density at radius 1 is 1.32 bits per heavy atom. The van der Waals surface area contributed by atoms with E-state index in [1.807, 2.05) is 11.9 Å². The highest BCUT2D eigenvalue weighted by molar-refractivity contribution is 5.94. The standard InChI is InChI=1S/C18H26F3N3O/c1-12(2)22-17(25)14-5-6-15(16(9-14)18(19,20)21)11-24-8-7-23(4)13(3)10-24/h5-6,9,12-13H,7-8,10-11H2,1-4H3,(H,22,25)/t13-/m0/s1. The fraction of sp³-hybridized carbons (Fsp3) is 0.611. The molecule has 1 atom stereocenters. The summed E-state index contributed by atoms with van der Waals surface area (Å²) in [6, 6.07) is 4.04. The highest BCUT2D eigenvalue weighted by Gasteiger charge is 2.35. The first-order valence-electron chi connectivity index (χ1n) is 8.51. The van der Waals surface area contributed by atoms with Gasteiger partial charge >= 0.3 is 6.18 Å². The number of nitrogens with one attached hydrogen (secondary N) is 1. The molecule has 1 heterocycles. The molecule has 1 aliphatic heterocycles. The molecule has 1 amide bonds. The molecule has 140 valence electrons. The first kappa shape index (κ1) is 19.7. The van der Waals surface area contributed by atoms with Crippen LogP contribution in [-0.4, -0.2) is 54.5 Å². The number of carbonyl (C=O) groups is 1. The predicted molar refractivity (Wildman–Crippen MR) is 91.4 cm³/mol. The first-order valence-corrected chi connectivity index (χ1v) is 8.51. The van der Waals surface area contributed by atoms with Crippen LogP contribution in [0, 0.1) is 0 Å². The van der Waals surface area contributed by atoms with Crippen LogP contribution in [0.1, 0.15) is 42.3 Å². The van der Waals surface area contributed by atoms with E-state index in [2.05, 4.69) is 17.1 Å². The summed E-state index contributed by atoms with van der Waals surface area (Å²) in [5.41, 5.74) is -0.475. The Morgan fingerprint density at radius 2 is 2.00 bits per heavy atom. The molecule has 2 rings (SSSR count). The summed E-state index contributed by atoms with van der Waals surface area (Å²) in [6.45, 7) is 8.13. The molecule has 0 unspecified atom stereocenters. The second kappa shape index (κ2) is 7.74. The van der Waals surface area contributed by atoms with Crippen molar-refractivity contribution in [3.8, 4) is 0 Å². The molecule has 0 bridgehead atoms. The van der Waals surface area contributed by atoms with Crippen LogP contribution in [0.2, 0.25) is 0 Å². The quantitative estimate of drug-likeness (QED) is 0.900. The molecular weight excluding hydrogens is 331 g/mol.